The molecule has 0 aliphatic heterocycles. The maximum Gasteiger partial charge on any atom is 0.143 e. The first-order chi connectivity index (χ1) is 9.22. The van der Waals surface area contributed by atoms with E-state index in [2.05, 4.69) is 28.5 Å². The minimum absolute atomic E-state index is 0.137. The molecule has 2 nitrogen and oxygen atoms in total. The Kier molecular flexibility index (Phi) is 3.13. The van der Waals surface area contributed by atoms with Gasteiger partial charge in [0.1, 0.15) is 5.82 Å². The predicted octanol–water partition coefficient (Wildman–Crippen LogP) is 4.57. The van der Waals surface area contributed by atoms with Gasteiger partial charge < -0.3 is 10.3 Å². The van der Waals surface area contributed by atoms with Gasteiger partial charge in [0.25, 0.3) is 0 Å². The maximum absolute atomic E-state index is 13.3. The van der Waals surface area contributed by atoms with E-state index in [-0.39, 0.29) is 5.02 Å². The molecule has 2 aromatic carbocycles. The summed E-state index contributed by atoms with van der Waals surface area (Å²) >= 11 is 5.64. The van der Waals surface area contributed by atoms with E-state index in [0.29, 0.717) is 12.2 Å². The van der Waals surface area contributed by atoms with Gasteiger partial charge in [-0.1, -0.05) is 23.7 Å². The lowest BCUT2D eigenvalue weighted by Crippen LogP contribution is -1.99. The van der Waals surface area contributed by atoms with Crippen LogP contribution < -0.4 is 5.32 Å². The van der Waals surface area contributed by atoms with E-state index in [1.807, 2.05) is 12.3 Å². The normalized spacial score (nSPS) is 10.8. The summed E-state index contributed by atoms with van der Waals surface area (Å²) in [5, 5.41) is 4.49. The van der Waals surface area contributed by atoms with Crippen LogP contribution in [-0.2, 0) is 6.54 Å². The van der Waals surface area contributed by atoms with Crippen LogP contribution in [0.25, 0.3) is 10.9 Å². The van der Waals surface area contributed by atoms with E-state index in [0.717, 1.165) is 11.1 Å². The van der Waals surface area contributed by atoms with Crippen molar-refractivity contribution in [3.8, 4) is 0 Å². The van der Waals surface area contributed by atoms with Crippen molar-refractivity contribution >= 4 is 28.2 Å². The van der Waals surface area contributed by atoms with Gasteiger partial charge in [0, 0.05) is 23.9 Å². The number of fused-ring (bicyclic) bond motifs is 1. The Bertz CT molecular complexity index is 721. The number of aromatic nitrogens is 1. The second-order valence-electron chi connectivity index (χ2n) is 4.38. The summed E-state index contributed by atoms with van der Waals surface area (Å²) in [4.78, 5) is 3.17. The van der Waals surface area contributed by atoms with Crippen LogP contribution in [0.1, 0.15) is 5.56 Å². The number of aromatic amines is 1. The van der Waals surface area contributed by atoms with Gasteiger partial charge >= 0.3 is 0 Å². The molecule has 0 spiro atoms. The zero-order valence-electron chi connectivity index (χ0n) is 10.1. The lowest BCUT2D eigenvalue weighted by Gasteiger charge is -2.07. The highest BCUT2D eigenvalue weighted by Gasteiger charge is 2.01. The minimum atomic E-state index is -0.411. The summed E-state index contributed by atoms with van der Waals surface area (Å²) in [5.74, 6) is -0.411. The van der Waals surface area contributed by atoms with E-state index >= 15 is 0 Å². The number of nitrogens with one attached hydrogen (secondary N) is 2. The Hall–Kier alpha value is -2.00. The van der Waals surface area contributed by atoms with Gasteiger partial charge in [0.05, 0.1) is 5.02 Å². The van der Waals surface area contributed by atoms with Crippen LogP contribution in [0.2, 0.25) is 5.02 Å². The lowest BCUT2D eigenvalue weighted by atomic mass is 10.1. The molecule has 0 radical (unpaired) electrons. The van der Waals surface area contributed by atoms with Gasteiger partial charge in [-0.3, -0.25) is 0 Å². The largest absolute Gasteiger partial charge is 0.381 e. The van der Waals surface area contributed by atoms with Gasteiger partial charge in [0.2, 0.25) is 0 Å². The van der Waals surface area contributed by atoms with Gasteiger partial charge in [-0.2, -0.15) is 0 Å². The second kappa shape index (κ2) is 4.94. The van der Waals surface area contributed by atoms with Crippen molar-refractivity contribution in [3.63, 3.8) is 0 Å². The topological polar surface area (TPSA) is 27.8 Å². The van der Waals surface area contributed by atoms with Crippen molar-refractivity contribution in [1.29, 1.82) is 0 Å². The molecule has 2 N–H and O–H groups in total. The third kappa shape index (κ3) is 2.56. The van der Waals surface area contributed by atoms with Crippen molar-refractivity contribution < 1.29 is 4.39 Å². The van der Waals surface area contributed by atoms with Gasteiger partial charge in [-0.05, 0) is 41.3 Å². The zero-order chi connectivity index (χ0) is 13.2. The Morgan fingerprint density at radius 1 is 1.11 bits per heavy atom. The average molecular weight is 275 g/mol. The molecule has 0 saturated heterocycles. The van der Waals surface area contributed by atoms with Gasteiger partial charge in [-0.15, -0.1) is 0 Å². The molecule has 0 saturated carbocycles. The first-order valence-corrected chi connectivity index (χ1v) is 6.35. The summed E-state index contributed by atoms with van der Waals surface area (Å²) in [6.45, 7) is 0.635. The fraction of sp³-hybridized carbons (Fsp3) is 0.0667. The summed E-state index contributed by atoms with van der Waals surface area (Å²) in [5.41, 5.74) is 2.94. The highest BCUT2D eigenvalue weighted by molar-refractivity contribution is 6.30. The Labute approximate surface area is 115 Å². The molecule has 0 bridgehead atoms. The number of halogens is 2. The first-order valence-electron chi connectivity index (χ1n) is 5.97. The lowest BCUT2D eigenvalue weighted by molar-refractivity contribution is 0.628. The number of hydrogen-bond acceptors (Lipinski definition) is 1. The van der Waals surface area contributed by atoms with E-state index in [4.69, 9.17) is 11.6 Å². The van der Waals surface area contributed by atoms with Crippen LogP contribution in [0.15, 0.2) is 48.7 Å². The number of anilines is 1. The molecular weight excluding hydrogens is 263 g/mol. The molecule has 0 amide bonds. The Balaban J connectivity index is 1.75. The summed E-state index contributed by atoms with van der Waals surface area (Å²) in [7, 11) is 0. The summed E-state index contributed by atoms with van der Waals surface area (Å²) in [6.07, 6.45) is 1.91. The maximum atomic E-state index is 13.3. The molecule has 3 aromatic rings. The van der Waals surface area contributed by atoms with E-state index in [1.54, 1.807) is 12.1 Å². The van der Waals surface area contributed by atoms with Gasteiger partial charge in [-0.25, -0.2) is 4.39 Å². The van der Waals surface area contributed by atoms with Crippen LogP contribution in [0, 0.1) is 5.82 Å². The predicted molar refractivity (Wildman–Crippen MR) is 77.0 cm³/mol. The molecule has 0 aliphatic carbocycles. The van der Waals surface area contributed by atoms with E-state index in [1.165, 1.54) is 11.5 Å². The van der Waals surface area contributed by atoms with Gasteiger partial charge in [0.15, 0.2) is 0 Å². The summed E-state index contributed by atoms with van der Waals surface area (Å²) in [6, 6.07) is 12.9. The Morgan fingerprint density at radius 3 is 2.84 bits per heavy atom. The molecule has 1 aromatic heterocycles. The SMILES string of the molecule is Fc1cc(NCc2ccc3cc[nH]c3c2)ccc1Cl. The zero-order valence-corrected chi connectivity index (χ0v) is 10.8. The number of H-pyrrole nitrogens is 1. The van der Waals surface area contributed by atoms with Crippen molar-refractivity contribution in [2.45, 2.75) is 6.54 Å². The van der Waals surface area contributed by atoms with Crippen LogP contribution in [0.4, 0.5) is 10.1 Å². The number of benzene rings is 2. The fourth-order valence-electron chi connectivity index (χ4n) is 2.02. The van der Waals surface area contributed by atoms with Crippen LogP contribution >= 0.6 is 11.6 Å². The van der Waals surface area contributed by atoms with Crippen molar-refractivity contribution in [3.05, 3.63) is 65.1 Å². The smallest absolute Gasteiger partial charge is 0.143 e. The third-order valence-corrected chi connectivity index (χ3v) is 3.34. The molecule has 3 rings (SSSR count). The van der Waals surface area contributed by atoms with Crippen LogP contribution in [0.3, 0.4) is 0 Å². The fourth-order valence-corrected chi connectivity index (χ4v) is 2.13. The molecule has 0 atom stereocenters. The third-order valence-electron chi connectivity index (χ3n) is 3.04. The molecule has 0 fully saturated rings. The number of rotatable bonds is 3. The molecule has 19 heavy (non-hydrogen) atoms. The van der Waals surface area contributed by atoms with E-state index in [9.17, 15) is 4.39 Å². The molecule has 1 heterocycles. The highest BCUT2D eigenvalue weighted by atomic mass is 35.5. The first kappa shape index (κ1) is 12.1. The minimum Gasteiger partial charge on any atom is -0.381 e. The Morgan fingerprint density at radius 2 is 2.00 bits per heavy atom. The summed E-state index contributed by atoms with van der Waals surface area (Å²) < 4.78 is 13.3. The molecule has 96 valence electrons. The quantitative estimate of drug-likeness (QED) is 0.719. The molecule has 0 unspecified atom stereocenters. The molecule has 0 aliphatic rings. The number of hydrogen-bond donors (Lipinski definition) is 2. The second-order valence-corrected chi connectivity index (χ2v) is 4.79. The molecular formula is C15H12ClFN2. The van der Waals surface area contributed by atoms with Crippen molar-refractivity contribution in [2.24, 2.45) is 0 Å². The average Bonchev–Trinajstić information content (AvgIpc) is 2.87. The van der Waals surface area contributed by atoms with Crippen molar-refractivity contribution in [1.82, 2.24) is 4.98 Å². The highest BCUT2D eigenvalue weighted by Crippen LogP contribution is 2.20. The van der Waals surface area contributed by atoms with E-state index < -0.39 is 5.82 Å². The monoisotopic (exact) mass is 274 g/mol. The van der Waals surface area contributed by atoms with Crippen LogP contribution in [-0.4, -0.2) is 4.98 Å². The molecule has 4 heteroatoms. The standard InChI is InChI=1S/C15H12ClFN2/c16-13-4-3-12(8-14(13)17)19-9-10-1-2-11-5-6-18-15(11)7-10/h1-8,18-19H,9H2. The van der Waals surface area contributed by atoms with Crippen molar-refractivity contribution in [2.75, 3.05) is 5.32 Å². The van der Waals surface area contributed by atoms with Crippen LogP contribution in [0.5, 0.6) is 0 Å².